The Morgan fingerprint density at radius 2 is 2.15 bits per heavy atom. The normalized spacial score (nSPS) is 22.3. The lowest BCUT2D eigenvalue weighted by molar-refractivity contribution is 0.0812. The number of hydrogen-bond acceptors (Lipinski definition) is 4. The zero-order valence-corrected chi connectivity index (χ0v) is 12.6. The van der Waals surface area contributed by atoms with Gasteiger partial charge < -0.3 is 0 Å². The third-order valence-corrected chi connectivity index (χ3v) is 4.13. The number of hydrogen-bond donors (Lipinski definition) is 0. The number of fused-ring (bicyclic) bond motifs is 1. The molecule has 1 aromatic rings. The van der Waals surface area contributed by atoms with Crippen molar-refractivity contribution in [3.05, 3.63) is 35.4 Å². The van der Waals surface area contributed by atoms with Gasteiger partial charge in [-0.05, 0) is 31.0 Å². The minimum atomic E-state index is -3.49. The highest BCUT2D eigenvalue weighted by molar-refractivity contribution is 7.86. The Bertz CT molecular complexity index is 618. The molecule has 0 aliphatic heterocycles. The Kier molecular flexibility index (Phi) is 4.48. The lowest BCUT2D eigenvalue weighted by Crippen LogP contribution is -2.40. The minimum Gasteiger partial charge on any atom is -0.286 e. The number of terminal acetylenes is 1. The highest BCUT2D eigenvalue weighted by Crippen LogP contribution is 2.36. The molecule has 0 radical (unpaired) electrons. The van der Waals surface area contributed by atoms with Gasteiger partial charge in [-0.3, -0.25) is 9.08 Å². The molecule has 1 aromatic carbocycles. The van der Waals surface area contributed by atoms with E-state index in [1.165, 1.54) is 5.56 Å². The summed E-state index contributed by atoms with van der Waals surface area (Å²) in [7, 11) is -1.59. The van der Waals surface area contributed by atoms with Crippen molar-refractivity contribution in [1.29, 1.82) is 0 Å². The van der Waals surface area contributed by atoms with Crippen LogP contribution in [-0.4, -0.2) is 39.3 Å². The lowest BCUT2D eigenvalue weighted by atomic mass is 9.85. The SMILES string of the molecule is C#CCN(C)C1c2ccccc2CCC1OS(C)(=O)=O. The van der Waals surface area contributed by atoms with E-state index < -0.39 is 16.2 Å². The Morgan fingerprint density at radius 3 is 2.80 bits per heavy atom. The summed E-state index contributed by atoms with van der Waals surface area (Å²) in [6, 6.07) is 7.91. The Morgan fingerprint density at radius 1 is 1.45 bits per heavy atom. The first-order valence-electron chi connectivity index (χ1n) is 6.52. The molecule has 1 aliphatic carbocycles. The average Bonchev–Trinajstić information content (AvgIpc) is 2.36. The van der Waals surface area contributed by atoms with Crippen LogP contribution in [0.5, 0.6) is 0 Å². The summed E-state index contributed by atoms with van der Waals surface area (Å²) in [5.74, 6) is 2.60. The molecule has 2 unspecified atom stereocenters. The van der Waals surface area contributed by atoms with Gasteiger partial charge >= 0.3 is 0 Å². The summed E-state index contributed by atoms with van der Waals surface area (Å²) in [5, 5.41) is 0. The second kappa shape index (κ2) is 5.96. The van der Waals surface area contributed by atoms with Crippen LogP contribution in [0.15, 0.2) is 24.3 Å². The fraction of sp³-hybridized carbons (Fsp3) is 0.467. The molecule has 20 heavy (non-hydrogen) atoms. The van der Waals surface area contributed by atoms with E-state index in [-0.39, 0.29) is 6.04 Å². The van der Waals surface area contributed by atoms with Gasteiger partial charge in [0.2, 0.25) is 0 Å². The van der Waals surface area contributed by atoms with Crippen molar-refractivity contribution in [1.82, 2.24) is 4.90 Å². The van der Waals surface area contributed by atoms with Gasteiger partial charge in [-0.25, -0.2) is 0 Å². The smallest absolute Gasteiger partial charge is 0.264 e. The molecule has 0 heterocycles. The van der Waals surface area contributed by atoms with Crippen LogP contribution < -0.4 is 0 Å². The van der Waals surface area contributed by atoms with Crippen molar-refractivity contribution in [3.8, 4) is 12.3 Å². The van der Waals surface area contributed by atoms with E-state index in [9.17, 15) is 8.42 Å². The van der Waals surface area contributed by atoms with Gasteiger partial charge in [0, 0.05) is 0 Å². The summed E-state index contributed by atoms with van der Waals surface area (Å²) in [6.45, 7) is 0.447. The number of nitrogens with zero attached hydrogens (tertiary/aromatic N) is 1. The fourth-order valence-corrected chi connectivity index (χ4v) is 3.45. The predicted octanol–water partition coefficient (Wildman–Crippen LogP) is 1.58. The molecule has 0 saturated carbocycles. The molecule has 0 amide bonds. The quantitative estimate of drug-likeness (QED) is 0.625. The van der Waals surface area contributed by atoms with Gasteiger partial charge in [-0.15, -0.1) is 6.42 Å². The molecule has 108 valence electrons. The predicted molar refractivity (Wildman–Crippen MR) is 78.7 cm³/mol. The number of rotatable bonds is 4. The first-order chi connectivity index (χ1) is 9.42. The minimum absolute atomic E-state index is 0.134. The van der Waals surface area contributed by atoms with Crippen LogP contribution in [-0.2, 0) is 20.7 Å². The van der Waals surface area contributed by atoms with E-state index >= 15 is 0 Å². The maximum Gasteiger partial charge on any atom is 0.264 e. The molecule has 0 saturated heterocycles. The van der Waals surface area contributed by atoms with Gasteiger partial charge in [0.25, 0.3) is 10.1 Å². The van der Waals surface area contributed by atoms with Gasteiger partial charge in [-0.1, -0.05) is 30.2 Å². The monoisotopic (exact) mass is 293 g/mol. The lowest BCUT2D eigenvalue weighted by Gasteiger charge is -2.37. The highest BCUT2D eigenvalue weighted by Gasteiger charge is 2.34. The van der Waals surface area contributed by atoms with E-state index in [0.717, 1.165) is 18.2 Å². The second-order valence-electron chi connectivity index (χ2n) is 5.14. The van der Waals surface area contributed by atoms with Crippen molar-refractivity contribution in [2.24, 2.45) is 0 Å². The summed E-state index contributed by atoms with van der Waals surface area (Å²) in [4.78, 5) is 1.97. The summed E-state index contributed by atoms with van der Waals surface area (Å²) >= 11 is 0. The maximum absolute atomic E-state index is 11.5. The average molecular weight is 293 g/mol. The topological polar surface area (TPSA) is 46.6 Å². The van der Waals surface area contributed by atoms with Crippen molar-refractivity contribution < 1.29 is 12.6 Å². The van der Waals surface area contributed by atoms with Gasteiger partial charge in [-0.2, -0.15) is 8.42 Å². The van der Waals surface area contributed by atoms with Crippen molar-refractivity contribution in [2.75, 3.05) is 19.8 Å². The molecule has 1 aliphatic rings. The largest absolute Gasteiger partial charge is 0.286 e. The van der Waals surface area contributed by atoms with Gasteiger partial charge in [0.1, 0.15) is 0 Å². The molecule has 0 bridgehead atoms. The molecule has 0 fully saturated rings. The number of aryl methyl sites for hydroxylation is 1. The third kappa shape index (κ3) is 3.40. The van der Waals surface area contributed by atoms with Crippen molar-refractivity contribution in [3.63, 3.8) is 0 Å². The fourth-order valence-electron chi connectivity index (χ4n) is 2.80. The van der Waals surface area contributed by atoms with E-state index in [0.29, 0.717) is 13.0 Å². The first-order valence-corrected chi connectivity index (χ1v) is 8.34. The summed E-state index contributed by atoms with van der Waals surface area (Å²) in [5.41, 5.74) is 2.33. The van der Waals surface area contributed by atoms with Crippen molar-refractivity contribution in [2.45, 2.75) is 25.0 Å². The first kappa shape index (κ1) is 15.0. The van der Waals surface area contributed by atoms with Crippen LogP contribution in [0.3, 0.4) is 0 Å². The third-order valence-electron chi connectivity index (χ3n) is 3.54. The van der Waals surface area contributed by atoms with Crippen LogP contribution in [0.1, 0.15) is 23.6 Å². The molecule has 2 rings (SSSR count). The highest BCUT2D eigenvalue weighted by atomic mass is 32.2. The van der Waals surface area contributed by atoms with Gasteiger partial charge in [0.15, 0.2) is 0 Å². The van der Waals surface area contributed by atoms with E-state index in [1.54, 1.807) is 0 Å². The van der Waals surface area contributed by atoms with Crippen LogP contribution in [0.2, 0.25) is 0 Å². The van der Waals surface area contributed by atoms with E-state index in [4.69, 9.17) is 10.6 Å². The zero-order chi connectivity index (χ0) is 14.8. The van der Waals surface area contributed by atoms with Crippen LogP contribution in [0, 0.1) is 12.3 Å². The van der Waals surface area contributed by atoms with Crippen LogP contribution in [0.25, 0.3) is 0 Å². The molecule has 5 heteroatoms. The molecule has 0 aromatic heterocycles. The Balaban J connectivity index is 2.37. The molecule has 0 N–H and O–H groups in total. The molecule has 0 spiro atoms. The molecule has 2 atom stereocenters. The molecular formula is C15H19NO3S. The second-order valence-corrected chi connectivity index (χ2v) is 6.74. The maximum atomic E-state index is 11.5. The summed E-state index contributed by atoms with van der Waals surface area (Å²) < 4.78 is 28.2. The van der Waals surface area contributed by atoms with E-state index in [2.05, 4.69) is 12.0 Å². The zero-order valence-electron chi connectivity index (χ0n) is 11.7. The van der Waals surface area contributed by atoms with E-state index in [1.807, 2.05) is 30.1 Å². The van der Waals surface area contributed by atoms with Crippen molar-refractivity contribution >= 4 is 10.1 Å². The Labute approximate surface area is 120 Å². The number of benzene rings is 1. The van der Waals surface area contributed by atoms with Gasteiger partial charge in [0.05, 0.1) is 24.9 Å². The van der Waals surface area contributed by atoms with Crippen LogP contribution in [0.4, 0.5) is 0 Å². The Hall–Kier alpha value is -1.35. The number of likely N-dealkylation sites (N-methyl/N-ethyl adjacent to an activating group) is 1. The molecular weight excluding hydrogens is 274 g/mol. The summed E-state index contributed by atoms with van der Waals surface area (Å²) in [6.07, 6.45) is 7.56. The standard InChI is InChI=1S/C15H19NO3S/c1-4-11-16(2)15-13-8-6-5-7-12(13)9-10-14(15)19-20(3,17)18/h1,5-8,14-15H,9-11H2,2-3H3. The molecule has 4 nitrogen and oxygen atoms in total. The van der Waals surface area contributed by atoms with Crippen LogP contribution >= 0.6 is 0 Å².